The Hall–Kier alpha value is -2.25. The molecule has 3 fully saturated rings. The lowest BCUT2D eigenvalue weighted by atomic mass is 9.97. The van der Waals surface area contributed by atoms with Crippen molar-refractivity contribution in [1.29, 1.82) is 0 Å². The number of benzene rings is 1. The summed E-state index contributed by atoms with van der Waals surface area (Å²) in [6.07, 6.45) is 3.33. The maximum atomic E-state index is 13.1. The van der Waals surface area contributed by atoms with E-state index in [2.05, 4.69) is 4.98 Å². The molecule has 0 aliphatic carbocycles. The first-order valence-electron chi connectivity index (χ1n) is 8.83. The highest BCUT2D eigenvalue weighted by atomic mass is 32.2. The molecule has 0 unspecified atom stereocenters. The number of carbonyl (C=O) groups is 1. The third-order valence-electron chi connectivity index (χ3n) is 5.18. The zero-order valence-electron chi connectivity index (χ0n) is 14.4. The summed E-state index contributed by atoms with van der Waals surface area (Å²) >= 11 is 0. The van der Waals surface area contributed by atoms with E-state index in [1.54, 1.807) is 63.9 Å². The summed E-state index contributed by atoms with van der Waals surface area (Å²) in [5.41, 5.74) is 0.409. The Morgan fingerprint density at radius 2 is 1.73 bits per heavy atom. The van der Waals surface area contributed by atoms with Crippen molar-refractivity contribution in [3.8, 4) is 0 Å². The minimum absolute atomic E-state index is 0.124. The summed E-state index contributed by atoms with van der Waals surface area (Å²) in [5, 5.41) is 0. The lowest BCUT2D eigenvalue weighted by Crippen LogP contribution is -2.47. The molecule has 0 N–H and O–H groups in total. The molecule has 1 amide bonds. The van der Waals surface area contributed by atoms with Crippen molar-refractivity contribution in [3.05, 3.63) is 60.4 Å². The van der Waals surface area contributed by atoms with Gasteiger partial charge in [-0.1, -0.05) is 24.3 Å². The number of piperidine rings is 1. The number of nitrogens with zero attached hydrogens (tertiary/aromatic N) is 3. The Balaban J connectivity index is 1.60. The third-order valence-corrected chi connectivity index (χ3v) is 7.12. The van der Waals surface area contributed by atoms with Crippen molar-refractivity contribution in [1.82, 2.24) is 14.2 Å². The van der Waals surface area contributed by atoms with Crippen LogP contribution in [0.5, 0.6) is 0 Å². The molecule has 6 nitrogen and oxygen atoms in total. The Kier molecular flexibility index (Phi) is 4.50. The number of amides is 1. The van der Waals surface area contributed by atoms with Gasteiger partial charge in [-0.25, -0.2) is 8.42 Å². The molecule has 0 spiro atoms. The molecule has 3 aliphatic heterocycles. The van der Waals surface area contributed by atoms with Crippen LogP contribution in [0, 0.1) is 5.92 Å². The summed E-state index contributed by atoms with van der Waals surface area (Å²) in [6, 6.07) is 13.6. The first kappa shape index (κ1) is 17.2. The van der Waals surface area contributed by atoms with E-state index in [0.29, 0.717) is 30.2 Å². The van der Waals surface area contributed by atoms with Crippen LogP contribution in [0.2, 0.25) is 0 Å². The predicted molar refractivity (Wildman–Crippen MR) is 97.0 cm³/mol. The van der Waals surface area contributed by atoms with Crippen LogP contribution in [-0.4, -0.2) is 54.2 Å². The molecule has 3 saturated heterocycles. The average Bonchev–Trinajstić information content (AvgIpc) is 3.01. The molecule has 2 aromatic rings. The van der Waals surface area contributed by atoms with E-state index in [1.165, 1.54) is 0 Å². The lowest BCUT2D eigenvalue weighted by molar-refractivity contribution is 0.0740. The van der Waals surface area contributed by atoms with Gasteiger partial charge in [0.15, 0.2) is 0 Å². The van der Waals surface area contributed by atoms with Gasteiger partial charge in [0.1, 0.15) is 5.69 Å². The number of carbonyl (C=O) groups excluding carboxylic acids is 1. The summed E-state index contributed by atoms with van der Waals surface area (Å²) in [7, 11) is -3.55. The fourth-order valence-electron chi connectivity index (χ4n) is 3.88. The van der Waals surface area contributed by atoms with E-state index in [1.807, 2.05) is 0 Å². The highest BCUT2D eigenvalue weighted by Crippen LogP contribution is 2.32. The van der Waals surface area contributed by atoms with Crippen molar-refractivity contribution >= 4 is 15.9 Å². The molecule has 0 saturated carbocycles. The molecule has 0 radical (unpaired) electrons. The van der Waals surface area contributed by atoms with Gasteiger partial charge in [0.2, 0.25) is 10.0 Å². The minimum atomic E-state index is -3.55. The number of hydrogen-bond donors (Lipinski definition) is 0. The third kappa shape index (κ3) is 3.12. The second kappa shape index (κ2) is 6.81. The van der Waals surface area contributed by atoms with Crippen molar-refractivity contribution in [2.24, 2.45) is 5.92 Å². The molecule has 2 bridgehead atoms. The van der Waals surface area contributed by atoms with E-state index in [0.717, 1.165) is 12.8 Å². The van der Waals surface area contributed by atoms with E-state index in [-0.39, 0.29) is 17.9 Å². The molecule has 3 aliphatic rings. The van der Waals surface area contributed by atoms with Gasteiger partial charge in [-0.05, 0) is 43.0 Å². The maximum Gasteiger partial charge on any atom is 0.272 e. The summed E-state index contributed by atoms with van der Waals surface area (Å²) < 4.78 is 27.8. The van der Waals surface area contributed by atoms with Gasteiger partial charge in [0.05, 0.1) is 4.90 Å². The van der Waals surface area contributed by atoms with Crippen LogP contribution < -0.4 is 0 Å². The molecular weight excluding hydrogens is 350 g/mol. The van der Waals surface area contributed by atoms with Gasteiger partial charge in [0.25, 0.3) is 5.91 Å². The number of sulfonamides is 1. The number of pyridine rings is 1. The highest BCUT2D eigenvalue weighted by molar-refractivity contribution is 7.89. The number of hydrogen-bond acceptors (Lipinski definition) is 4. The lowest BCUT2D eigenvalue weighted by Gasteiger charge is -2.34. The monoisotopic (exact) mass is 371 g/mol. The first-order valence-corrected chi connectivity index (χ1v) is 10.3. The Morgan fingerprint density at radius 3 is 2.46 bits per heavy atom. The van der Waals surface area contributed by atoms with E-state index >= 15 is 0 Å². The normalized spacial score (nSPS) is 23.6. The Labute approximate surface area is 153 Å². The summed E-state index contributed by atoms with van der Waals surface area (Å²) in [4.78, 5) is 19.0. The highest BCUT2D eigenvalue weighted by Gasteiger charge is 2.42. The molecule has 7 heteroatoms. The molecule has 4 heterocycles. The van der Waals surface area contributed by atoms with Gasteiger partial charge in [-0.15, -0.1) is 0 Å². The van der Waals surface area contributed by atoms with Gasteiger partial charge in [0, 0.05) is 31.9 Å². The molecule has 5 rings (SSSR count). The molecular formula is C19H21N3O3S. The van der Waals surface area contributed by atoms with Crippen molar-refractivity contribution in [3.63, 3.8) is 0 Å². The van der Waals surface area contributed by atoms with E-state index < -0.39 is 10.0 Å². The molecule has 136 valence electrons. The van der Waals surface area contributed by atoms with Crippen LogP contribution in [0.1, 0.15) is 23.3 Å². The zero-order valence-corrected chi connectivity index (χ0v) is 15.2. The topological polar surface area (TPSA) is 70.6 Å². The van der Waals surface area contributed by atoms with Crippen LogP contribution >= 0.6 is 0 Å². The molecule has 2 atom stereocenters. The van der Waals surface area contributed by atoms with Crippen LogP contribution in [0.15, 0.2) is 59.6 Å². The predicted octanol–water partition coefficient (Wildman–Crippen LogP) is 2.01. The quantitative estimate of drug-likeness (QED) is 0.827. The minimum Gasteiger partial charge on any atom is -0.335 e. The standard InChI is InChI=1S/C19H21N3O3S/c23-19(18-8-4-5-11-20-18)21-12-15-9-10-16(14-21)22(13-15)26(24,25)17-6-2-1-3-7-17/h1-8,11,15-16H,9-10,12-14H2/t15-,16+/m0/s1. The molecule has 1 aromatic carbocycles. The Morgan fingerprint density at radius 1 is 0.962 bits per heavy atom. The largest absolute Gasteiger partial charge is 0.335 e. The molecule has 26 heavy (non-hydrogen) atoms. The van der Waals surface area contributed by atoms with Gasteiger partial charge in [-0.2, -0.15) is 4.31 Å². The average molecular weight is 371 g/mol. The number of fused-ring (bicyclic) bond motifs is 4. The smallest absolute Gasteiger partial charge is 0.272 e. The van der Waals surface area contributed by atoms with Crippen LogP contribution in [0.25, 0.3) is 0 Å². The van der Waals surface area contributed by atoms with Crippen molar-refractivity contribution in [2.45, 2.75) is 23.8 Å². The second-order valence-corrected chi connectivity index (χ2v) is 8.80. The van der Waals surface area contributed by atoms with Crippen molar-refractivity contribution in [2.75, 3.05) is 19.6 Å². The summed E-state index contributed by atoms with van der Waals surface area (Å²) in [5.74, 6) is 0.0290. The fourth-order valence-corrected chi connectivity index (χ4v) is 5.62. The van der Waals surface area contributed by atoms with Gasteiger partial charge >= 0.3 is 0 Å². The van der Waals surface area contributed by atoms with Crippen LogP contribution in [-0.2, 0) is 10.0 Å². The Bertz CT molecular complexity index is 887. The fraction of sp³-hybridized carbons (Fsp3) is 0.368. The van der Waals surface area contributed by atoms with Crippen LogP contribution in [0.4, 0.5) is 0 Å². The molecule has 1 aromatic heterocycles. The summed E-state index contributed by atoms with van der Waals surface area (Å²) in [6.45, 7) is 1.46. The number of aromatic nitrogens is 1. The second-order valence-electron chi connectivity index (χ2n) is 6.91. The maximum absolute atomic E-state index is 13.1. The van der Waals surface area contributed by atoms with E-state index in [4.69, 9.17) is 0 Å². The van der Waals surface area contributed by atoms with Gasteiger partial charge in [-0.3, -0.25) is 9.78 Å². The zero-order chi connectivity index (χ0) is 18.1. The van der Waals surface area contributed by atoms with Crippen molar-refractivity contribution < 1.29 is 13.2 Å². The SMILES string of the molecule is O=C(c1ccccn1)N1C[C@@H]2CC[C@H](C1)N(S(=O)(=O)c1ccccc1)C2. The van der Waals surface area contributed by atoms with Crippen LogP contribution in [0.3, 0.4) is 0 Å². The van der Waals surface area contributed by atoms with E-state index in [9.17, 15) is 13.2 Å². The van der Waals surface area contributed by atoms with Gasteiger partial charge < -0.3 is 4.90 Å². The number of rotatable bonds is 3. The first-order chi connectivity index (χ1) is 12.6.